The van der Waals surface area contributed by atoms with E-state index in [0.29, 0.717) is 5.56 Å². The van der Waals surface area contributed by atoms with Gasteiger partial charge in [0.05, 0.1) is 17.3 Å². The number of carbonyl (C=O) groups excluding carboxylic acids is 1. The predicted octanol–water partition coefficient (Wildman–Crippen LogP) is 1.57. The third-order valence-corrected chi connectivity index (χ3v) is 2.56. The van der Waals surface area contributed by atoms with Crippen molar-refractivity contribution in [3.05, 3.63) is 47.2 Å². The summed E-state index contributed by atoms with van der Waals surface area (Å²) >= 11 is 4.75. The van der Waals surface area contributed by atoms with Gasteiger partial charge in [-0.1, -0.05) is 18.3 Å². The molecule has 0 bridgehead atoms. The molecule has 0 fully saturated rings. The molecule has 0 atom stereocenters. The predicted molar refractivity (Wildman–Crippen MR) is 68.8 cm³/mol. The largest absolute Gasteiger partial charge is 0.389 e. The Morgan fingerprint density at radius 1 is 1.37 bits per heavy atom. The van der Waals surface area contributed by atoms with E-state index in [1.54, 1.807) is 0 Å². The van der Waals surface area contributed by atoms with Gasteiger partial charge in [0.2, 0.25) is 0 Å². The molecular weight excluding hydrogens is 274 g/mol. The fraction of sp³-hybridized carbons (Fsp3) is 0. The van der Waals surface area contributed by atoms with Gasteiger partial charge < -0.3 is 11.1 Å². The summed E-state index contributed by atoms with van der Waals surface area (Å²) in [7, 11) is 0. The minimum Gasteiger partial charge on any atom is -0.389 e. The highest BCUT2D eigenvalue weighted by molar-refractivity contribution is 7.80. The molecule has 0 aliphatic heterocycles. The van der Waals surface area contributed by atoms with Gasteiger partial charge in [0.25, 0.3) is 5.91 Å². The van der Waals surface area contributed by atoms with Crippen LogP contribution in [0, 0.1) is 11.6 Å². The lowest BCUT2D eigenvalue weighted by atomic mass is 10.2. The number of hydrogen-bond donors (Lipinski definition) is 3. The summed E-state index contributed by atoms with van der Waals surface area (Å²) in [6.07, 6.45) is 1.32. The number of amides is 1. The number of benzene rings is 1. The summed E-state index contributed by atoms with van der Waals surface area (Å²) in [5.41, 5.74) is 5.29. The minimum atomic E-state index is -1.23. The lowest BCUT2D eigenvalue weighted by Gasteiger charge is -2.06. The topological polar surface area (TPSA) is 83.8 Å². The van der Waals surface area contributed by atoms with Crippen molar-refractivity contribution < 1.29 is 13.6 Å². The van der Waals surface area contributed by atoms with Gasteiger partial charge in [-0.15, -0.1) is 0 Å². The van der Waals surface area contributed by atoms with Crippen LogP contribution in [0.1, 0.15) is 15.9 Å². The first-order valence-electron chi connectivity index (χ1n) is 5.09. The number of aromatic nitrogens is 2. The average molecular weight is 282 g/mol. The van der Waals surface area contributed by atoms with Crippen LogP contribution in [-0.4, -0.2) is 21.1 Å². The highest BCUT2D eigenvalue weighted by Crippen LogP contribution is 2.15. The van der Waals surface area contributed by atoms with Gasteiger partial charge in [-0.2, -0.15) is 5.10 Å². The molecule has 0 saturated carbocycles. The Morgan fingerprint density at radius 2 is 2.11 bits per heavy atom. The fourth-order valence-electron chi connectivity index (χ4n) is 1.43. The molecule has 4 N–H and O–H groups in total. The van der Waals surface area contributed by atoms with Crippen LogP contribution < -0.4 is 11.1 Å². The van der Waals surface area contributed by atoms with Crippen LogP contribution in [0.15, 0.2) is 24.4 Å². The van der Waals surface area contributed by atoms with Crippen molar-refractivity contribution in [2.75, 3.05) is 5.32 Å². The van der Waals surface area contributed by atoms with Crippen LogP contribution in [0.25, 0.3) is 0 Å². The summed E-state index contributed by atoms with van der Waals surface area (Å²) in [6.45, 7) is 0. The minimum absolute atomic E-state index is 0.0174. The molecule has 0 radical (unpaired) electrons. The number of H-pyrrole nitrogens is 1. The maximum absolute atomic E-state index is 13.4. The number of aromatic amines is 1. The van der Waals surface area contributed by atoms with Gasteiger partial charge in [0.15, 0.2) is 11.6 Å². The van der Waals surface area contributed by atoms with E-state index in [9.17, 15) is 13.6 Å². The van der Waals surface area contributed by atoms with Crippen LogP contribution in [0.5, 0.6) is 0 Å². The fourth-order valence-corrected chi connectivity index (χ4v) is 1.58. The highest BCUT2D eigenvalue weighted by Gasteiger charge is 2.17. The summed E-state index contributed by atoms with van der Waals surface area (Å²) in [4.78, 5) is 11.8. The van der Waals surface area contributed by atoms with Gasteiger partial charge in [0, 0.05) is 0 Å². The number of halogens is 2. The van der Waals surface area contributed by atoms with Crippen LogP contribution in [0.4, 0.5) is 14.6 Å². The van der Waals surface area contributed by atoms with Crippen molar-refractivity contribution in [3.63, 3.8) is 0 Å². The van der Waals surface area contributed by atoms with Gasteiger partial charge in [-0.05, 0) is 12.1 Å². The van der Waals surface area contributed by atoms with Crippen molar-refractivity contribution in [2.24, 2.45) is 5.73 Å². The Labute approximate surface area is 111 Å². The molecule has 2 rings (SSSR count). The lowest BCUT2D eigenvalue weighted by molar-refractivity contribution is 0.102. The van der Waals surface area contributed by atoms with Crippen LogP contribution in [0.2, 0.25) is 0 Å². The number of nitrogens with zero attached hydrogens (tertiary/aromatic N) is 1. The molecule has 1 aromatic carbocycles. The van der Waals surface area contributed by atoms with Crippen LogP contribution in [-0.2, 0) is 0 Å². The van der Waals surface area contributed by atoms with E-state index in [0.717, 1.165) is 12.1 Å². The second-order valence-corrected chi connectivity index (χ2v) is 4.02. The Kier molecular flexibility index (Phi) is 3.52. The highest BCUT2D eigenvalue weighted by atomic mass is 32.1. The van der Waals surface area contributed by atoms with Crippen molar-refractivity contribution in [1.29, 1.82) is 0 Å². The van der Waals surface area contributed by atoms with E-state index in [1.165, 1.54) is 12.3 Å². The van der Waals surface area contributed by atoms with Gasteiger partial charge in [-0.3, -0.25) is 9.89 Å². The smallest absolute Gasteiger partial charge is 0.259 e. The molecule has 1 heterocycles. The zero-order chi connectivity index (χ0) is 14.0. The molecule has 1 aromatic heterocycles. The van der Waals surface area contributed by atoms with E-state index < -0.39 is 23.1 Å². The van der Waals surface area contributed by atoms with E-state index >= 15 is 0 Å². The van der Waals surface area contributed by atoms with Gasteiger partial charge in [-0.25, -0.2) is 8.78 Å². The van der Waals surface area contributed by atoms with E-state index in [-0.39, 0.29) is 10.8 Å². The Morgan fingerprint density at radius 3 is 2.79 bits per heavy atom. The van der Waals surface area contributed by atoms with Crippen molar-refractivity contribution in [1.82, 2.24) is 10.2 Å². The standard InChI is InChI=1S/C11H8F2N4OS/c12-7-3-1-2-5(8(7)13)11(18)16-10-6(9(14)19)4-15-17-10/h1-4H,(H2,14,19)(H2,15,16,17,18). The zero-order valence-corrected chi connectivity index (χ0v) is 10.2. The average Bonchev–Trinajstić information content (AvgIpc) is 2.80. The number of thiocarbonyl (C=S) groups is 1. The van der Waals surface area contributed by atoms with Crippen molar-refractivity contribution in [2.45, 2.75) is 0 Å². The quantitative estimate of drug-likeness (QED) is 0.746. The number of hydrogen-bond acceptors (Lipinski definition) is 3. The first-order valence-corrected chi connectivity index (χ1v) is 5.50. The lowest BCUT2D eigenvalue weighted by Crippen LogP contribution is -2.18. The molecular formula is C11H8F2N4OS. The van der Waals surface area contributed by atoms with Gasteiger partial charge in [0.1, 0.15) is 10.8 Å². The molecule has 0 saturated heterocycles. The normalized spacial score (nSPS) is 10.2. The molecule has 0 aliphatic carbocycles. The number of nitrogens with two attached hydrogens (primary N) is 1. The third kappa shape index (κ3) is 2.58. The summed E-state index contributed by atoms with van der Waals surface area (Å²) in [5.74, 6) is -3.04. The molecule has 19 heavy (non-hydrogen) atoms. The first-order chi connectivity index (χ1) is 9.00. The SMILES string of the molecule is NC(=S)c1cn[nH]c1NC(=O)c1cccc(F)c1F. The monoisotopic (exact) mass is 282 g/mol. The van der Waals surface area contributed by atoms with Crippen LogP contribution >= 0.6 is 12.2 Å². The number of rotatable bonds is 3. The Balaban J connectivity index is 2.29. The van der Waals surface area contributed by atoms with Gasteiger partial charge >= 0.3 is 0 Å². The summed E-state index contributed by atoms with van der Waals surface area (Å²) in [6, 6.07) is 3.31. The summed E-state index contributed by atoms with van der Waals surface area (Å²) < 4.78 is 26.4. The molecule has 0 aliphatic rings. The molecule has 5 nitrogen and oxygen atoms in total. The molecule has 1 amide bonds. The van der Waals surface area contributed by atoms with E-state index in [2.05, 4.69) is 15.5 Å². The van der Waals surface area contributed by atoms with Crippen molar-refractivity contribution >= 4 is 28.9 Å². The molecule has 0 unspecified atom stereocenters. The first kappa shape index (κ1) is 13.1. The number of nitrogens with one attached hydrogen (secondary N) is 2. The molecule has 0 spiro atoms. The van der Waals surface area contributed by atoms with E-state index in [1.807, 2.05) is 0 Å². The van der Waals surface area contributed by atoms with Crippen molar-refractivity contribution in [3.8, 4) is 0 Å². The number of anilines is 1. The van der Waals surface area contributed by atoms with Crippen LogP contribution in [0.3, 0.4) is 0 Å². The molecule has 98 valence electrons. The second kappa shape index (κ2) is 5.11. The summed E-state index contributed by atoms with van der Waals surface area (Å²) in [5, 5.41) is 8.44. The molecule has 8 heteroatoms. The Hall–Kier alpha value is -2.35. The maximum atomic E-state index is 13.4. The van der Waals surface area contributed by atoms with E-state index in [4.69, 9.17) is 18.0 Å². The third-order valence-electron chi connectivity index (χ3n) is 2.34. The maximum Gasteiger partial charge on any atom is 0.259 e. The zero-order valence-electron chi connectivity index (χ0n) is 9.41. The molecule has 2 aromatic rings. The Bertz CT molecular complexity index is 656. The second-order valence-electron chi connectivity index (χ2n) is 3.58. The number of carbonyl (C=O) groups is 1.